The Balaban J connectivity index is 1.17. The van der Waals surface area contributed by atoms with Crippen LogP contribution in [0.5, 0.6) is 0 Å². The van der Waals surface area contributed by atoms with Crippen molar-refractivity contribution in [2.75, 3.05) is 4.90 Å². The Bertz CT molecular complexity index is 2600. The Morgan fingerprint density at radius 3 is 1.98 bits per heavy atom. The molecule has 0 radical (unpaired) electrons. The summed E-state index contributed by atoms with van der Waals surface area (Å²) < 4.78 is 0. The molecular formula is C52H41NS. The van der Waals surface area contributed by atoms with Crippen molar-refractivity contribution < 1.29 is 0 Å². The second-order valence-corrected chi connectivity index (χ2v) is 17.0. The lowest BCUT2D eigenvalue weighted by atomic mass is 9.55. The van der Waals surface area contributed by atoms with Crippen LogP contribution < -0.4 is 4.90 Å². The molecule has 1 unspecified atom stereocenters. The Hall–Kier alpha value is -5.57. The highest BCUT2D eigenvalue weighted by molar-refractivity contribution is 8.03. The summed E-state index contributed by atoms with van der Waals surface area (Å²) in [6, 6.07) is 55.0. The molecular weight excluding hydrogens is 671 g/mol. The van der Waals surface area contributed by atoms with Crippen LogP contribution in [-0.4, -0.2) is 0 Å². The van der Waals surface area contributed by atoms with Crippen LogP contribution in [0.15, 0.2) is 191 Å². The summed E-state index contributed by atoms with van der Waals surface area (Å²) in [5.41, 5.74) is 18.5. The highest BCUT2D eigenvalue weighted by Gasteiger charge is 2.53. The molecule has 0 saturated heterocycles. The van der Waals surface area contributed by atoms with Crippen molar-refractivity contribution in [1.29, 1.82) is 0 Å². The van der Waals surface area contributed by atoms with Crippen molar-refractivity contribution in [3.05, 3.63) is 231 Å². The predicted octanol–water partition coefficient (Wildman–Crippen LogP) is 13.3. The molecule has 1 nitrogen and oxygen atoms in total. The van der Waals surface area contributed by atoms with Crippen LogP contribution >= 0.6 is 11.8 Å². The van der Waals surface area contributed by atoms with Crippen LogP contribution in [0.1, 0.15) is 83.5 Å². The van der Waals surface area contributed by atoms with E-state index in [1.807, 2.05) is 11.8 Å². The molecule has 0 saturated carbocycles. The van der Waals surface area contributed by atoms with Gasteiger partial charge in [-0.15, -0.1) is 0 Å². The lowest BCUT2D eigenvalue weighted by molar-refractivity contribution is 0.563. The average Bonchev–Trinajstić information content (AvgIpc) is 3.75. The molecule has 0 fully saturated rings. The van der Waals surface area contributed by atoms with Gasteiger partial charge in [0.05, 0.1) is 11.1 Å². The van der Waals surface area contributed by atoms with E-state index in [4.69, 9.17) is 0 Å². The second-order valence-electron chi connectivity index (χ2n) is 15.9. The molecule has 6 aromatic carbocycles. The molecule has 1 spiro atoms. The fourth-order valence-corrected chi connectivity index (χ4v) is 11.7. The van der Waals surface area contributed by atoms with Gasteiger partial charge in [0.15, 0.2) is 0 Å². The number of nitrogens with zero attached hydrogens (tertiary/aromatic N) is 1. The fraction of sp³-hybridized carbons (Fsp3) is 0.154. The summed E-state index contributed by atoms with van der Waals surface area (Å²) in [4.78, 5) is 5.48. The quantitative estimate of drug-likeness (QED) is 0.179. The minimum atomic E-state index is -0.432. The van der Waals surface area contributed by atoms with Gasteiger partial charge in [-0.25, -0.2) is 0 Å². The zero-order valence-electron chi connectivity index (χ0n) is 30.7. The zero-order valence-corrected chi connectivity index (χ0v) is 31.5. The number of hydrogen-bond donors (Lipinski definition) is 0. The van der Waals surface area contributed by atoms with Crippen molar-refractivity contribution in [3.8, 4) is 11.1 Å². The Labute approximate surface area is 323 Å². The molecule has 4 aliphatic carbocycles. The molecule has 6 aromatic rings. The normalized spacial score (nSPS) is 19.2. The van der Waals surface area contributed by atoms with Crippen molar-refractivity contribution in [1.82, 2.24) is 0 Å². The monoisotopic (exact) mass is 711 g/mol. The lowest BCUT2D eigenvalue weighted by Crippen LogP contribution is -2.40. The highest BCUT2D eigenvalue weighted by atomic mass is 32.2. The fourth-order valence-electron chi connectivity index (χ4n) is 10.4. The van der Waals surface area contributed by atoms with Gasteiger partial charge < -0.3 is 4.90 Å². The Morgan fingerprint density at radius 1 is 0.593 bits per heavy atom. The summed E-state index contributed by atoms with van der Waals surface area (Å²) in [7, 11) is 0. The Kier molecular flexibility index (Phi) is 7.07. The van der Waals surface area contributed by atoms with E-state index < -0.39 is 5.41 Å². The molecule has 1 aliphatic heterocycles. The van der Waals surface area contributed by atoms with Gasteiger partial charge in [-0.05, 0) is 111 Å². The molecule has 2 heteroatoms. The van der Waals surface area contributed by atoms with Crippen LogP contribution in [0, 0.1) is 0 Å². The van der Waals surface area contributed by atoms with Gasteiger partial charge in [0, 0.05) is 32.5 Å². The minimum Gasteiger partial charge on any atom is -0.313 e. The number of thioether (sulfide) groups is 1. The summed E-state index contributed by atoms with van der Waals surface area (Å²) in [5.74, 6) is 0.387. The van der Waals surface area contributed by atoms with Crippen LogP contribution in [0.2, 0.25) is 0 Å². The molecule has 5 aliphatic rings. The molecule has 0 amide bonds. The van der Waals surface area contributed by atoms with Gasteiger partial charge in [-0.2, -0.15) is 0 Å². The van der Waals surface area contributed by atoms with Crippen LogP contribution in [0.4, 0.5) is 5.69 Å². The Morgan fingerprint density at radius 2 is 1.24 bits per heavy atom. The molecule has 1 heterocycles. The molecule has 260 valence electrons. The first-order chi connectivity index (χ1) is 26.5. The number of anilines is 1. The van der Waals surface area contributed by atoms with Gasteiger partial charge >= 0.3 is 0 Å². The third kappa shape index (κ3) is 4.41. The highest BCUT2D eigenvalue weighted by Crippen LogP contribution is 2.63. The first-order valence-electron chi connectivity index (χ1n) is 19.4. The van der Waals surface area contributed by atoms with Gasteiger partial charge in [0.1, 0.15) is 0 Å². The van der Waals surface area contributed by atoms with Crippen molar-refractivity contribution >= 4 is 23.0 Å². The van der Waals surface area contributed by atoms with Crippen molar-refractivity contribution in [2.45, 2.75) is 54.8 Å². The van der Waals surface area contributed by atoms with Gasteiger partial charge in [0.2, 0.25) is 0 Å². The van der Waals surface area contributed by atoms with E-state index in [2.05, 4.69) is 189 Å². The molecule has 0 aromatic heterocycles. The summed E-state index contributed by atoms with van der Waals surface area (Å²) in [6.45, 7) is 4.81. The largest absolute Gasteiger partial charge is 0.313 e. The first kappa shape index (κ1) is 31.9. The van der Waals surface area contributed by atoms with Crippen molar-refractivity contribution in [2.24, 2.45) is 0 Å². The maximum absolute atomic E-state index is 2.62. The smallest absolute Gasteiger partial charge is 0.0720 e. The van der Waals surface area contributed by atoms with Crippen LogP contribution in [0.25, 0.3) is 16.7 Å². The third-order valence-electron chi connectivity index (χ3n) is 12.8. The number of fused-ring (bicyclic) bond motifs is 12. The molecule has 11 rings (SSSR count). The van der Waals surface area contributed by atoms with E-state index >= 15 is 0 Å². The van der Waals surface area contributed by atoms with E-state index in [0.29, 0.717) is 5.92 Å². The number of benzene rings is 6. The topological polar surface area (TPSA) is 3.24 Å². The number of hydrogen-bond acceptors (Lipinski definition) is 2. The zero-order chi connectivity index (χ0) is 36.0. The lowest BCUT2D eigenvalue weighted by Gasteiger charge is -2.46. The first-order valence-corrected chi connectivity index (χ1v) is 20.2. The average molecular weight is 712 g/mol. The second kappa shape index (κ2) is 12.0. The van der Waals surface area contributed by atoms with Gasteiger partial charge in [-0.1, -0.05) is 165 Å². The van der Waals surface area contributed by atoms with E-state index in [-0.39, 0.29) is 5.41 Å². The maximum Gasteiger partial charge on any atom is 0.0720 e. The standard InChI is InChI=1S/C52H41NS/c1-51(2)43-21-9-11-23-45(43)52(46-24-12-10-22-44(46)51)42-20-8-6-17-38(42)39-32-31-37(33-47(39)52)53(36-29-27-35(28-30-36)34-15-4-3-5-16-34)48-25-14-19-41-40-18-7-13-26-49(40)54-50(41)48/h3-18,20-27,29,31-33,41H,19,28,30H2,1-2H3. The number of allylic oxidation sites excluding steroid dienone is 7. The van der Waals surface area contributed by atoms with E-state index in [1.165, 1.54) is 88.1 Å². The summed E-state index contributed by atoms with van der Waals surface area (Å²) in [6.07, 6.45) is 12.6. The third-order valence-corrected chi connectivity index (χ3v) is 14.1. The number of rotatable bonds is 4. The summed E-state index contributed by atoms with van der Waals surface area (Å²) in [5, 5.41) is 0. The molecule has 0 bridgehead atoms. The summed E-state index contributed by atoms with van der Waals surface area (Å²) >= 11 is 1.97. The van der Waals surface area contributed by atoms with Gasteiger partial charge in [-0.3, -0.25) is 0 Å². The van der Waals surface area contributed by atoms with E-state index in [1.54, 1.807) is 0 Å². The van der Waals surface area contributed by atoms with Crippen LogP contribution in [0.3, 0.4) is 0 Å². The molecule has 1 atom stereocenters. The SMILES string of the molecule is CC1(C)c2ccccc2C2(c3ccccc3-c3ccc(N(C4=CC=C(c5ccccc5)CC4)C4=C5Sc6ccccc6C5CC=C4)cc32)c2ccccc21. The van der Waals surface area contributed by atoms with Gasteiger partial charge in [0.25, 0.3) is 0 Å². The predicted molar refractivity (Wildman–Crippen MR) is 226 cm³/mol. The van der Waals surface area contributed by atoms with E-state index in [9.17, 15) is 0 Å². The van der Waals surface area contributed by atoms with E-state index in [0.717, 1.165) is 19.3 Å². The minimum absolute atomic E-state index is 0.126. The maximum atomic E-state index is 2.62. The van der Waals surface area contributed by atoms with Crippen molar-refractivity contribution in [3.63, 3.8) is 0 Å². The van der Waals surface area contributed by atoms with Crippen LogP contribution in [-0.2, 0) is 10.8 Å². The molecule has 0 N–H and O–H groups in total. The molecule has 54 heavy (non-hydrogen) atoms.